The molecule has 0 aliphatic heterocycles. The Labute approximate surface area is 116 Å². The fraction of sp³-hybridized carbons (Fsp3) is 0.250. The van der Waals surface area contributed by atoms with Gasteiger partial charge in [0.05, 0.1) is 0 Å². The molecule has 0 aliphatic rings. The number of anilines is 2. The Morgan fingerprint density at radius 1 is 1.32 bits per heavy atom. The molecular weight excluding hydrogens is 260 g/mol. The maximum Gasteiger partial charge on any atom is 0.191 e. The Morgan fingerprint density at radius 2 is 2.05 bits per heavy atom. The van der Waals surface area contributed by atoms with Gasteiger partial charge in [0.1, 0.15) is 11.6 Å². The summed E-state index contributed by atoms with van der Waals surface area (Å²) in [7, 11) is 1.98. The zero-order valence-corrected chi connectivity index (χ0v) is 11.7. The van der Waals surface area contributed by atoms with Crippen molar-refractivity contribution in [2.75, 3.05) is 23.6 Å². The summed E-state index contributed by atoms with van der Waals surface area (Å²) in [4.78, 5) is 14.7. The summed E-state index contributed by atoms with van der Waals surface area (Å²) in [5.41, 5.74) is 3.73. The Hall–Kier alpha value is -1.86. The molecule has 0 saturated heterocycles. The van der Waals surface area contributed by atoms with Crippen molar-refractivity contribution >= 4 is 23.4 Å². The number of nitrogens with zero attached hydrogens (tertiary/aromatic N) is 4. The quantitative estimate of drug-likeness (QED) is 0.371. The van der Waals surface area contributed by atoms with Crippen molar-refractivity contribution in [3.8, 4) is 0 Å². The fourth-order valence-corrected chi connectivity index (χ4v) is 1.99. The zero-order chi connectivity index (χ0) is 13.7. The summed E-state index contributed by atoms with van der Waals surface area (Å²) in [6.07, 6.45) is 5.50. The first-order valence-electron chi connectivity index (χ1n) is 5.72. The molecule has 19 heavy (non-hydrogen) atoms. The third kappa shape index (κ3) is 3.55. The predicted molar refractivity (Wildman–Crippen MR) is 78.0 cm³/mol. The van der Waals surface area contributed by atoms with E-state index in [9.17, 15) is 0 Å². The van der Waals surface area contributed by atoms with E-state index in [-0.39, 0.29) is 0 Å². The van der Waals surface area contributed by atoms with Crippen molar-refractivity contribution in [2.45, 2.75) is 11.7 Å². The standard InChI is InChI=1S/C12H16N6S/c1-18(8-9-3-5-14-6-4-9)11-7-10(17-13)15-12(16-11)19-2/h3-7H,8,13H2,1-2H3,(H,15,16,17). The first kappa shape index (κ1) is 13.6. The minimum atomic E-state index is 0.607. The number of hydrogen-bond donors (Lipinski definition) is 2. The Morgan fingerprint density at radius 3 is 2.68 bits per heavy atom. The number of thioether (sulfide) groups is 1. The van der Waals surface area contributed by atoms with Crippen LogP contribution in [0.2, 0.25) is 0 Å². The Bertz CT molecular complexity index is 511. The summed E-state index contributed by atoms with van der Waals surface area (Å²) in [5.74, 6) is 6.85. The smallest absolute Gasteiger partial charge is 0.191 e. The third-order valence-corrected chi connectivity index (χ3v) is 3.13. The molecule has 0 aromatic carbocycles. The highest BCUT2D eigenvalue weighted by molar-refractivity contribution is 7.98. The molecule has 100 valence electrons. The van der Waals surface area contributed by atoms with Crippen molar-refractivity contribution < 1.29 is 0 Å². The van der Waals surface area contributed by atoms with E-state index in [0.717, 1.165) is 12.4 Å². The number of nitrogens with two attached hydrogens (primary N) is 1. The third-order valence-electron chi connectivity index (χ3n) is 2.58. The molecule has 0 aliphatic carbocycles. The van der Waals surface area contributed by atoms with E-state index < -0.39 is 0 Å². The Kier molecular flexibility index (Phi) is 4.53. The van der Waals surface area contributed by atoms with E-state index >= 15 is 0 Å². The van der Waals surface area contributed by atoms with Crippen LogP contribution in [-0.2, 0) is 6.54 Å². The largest absolute Gasteiger partial charge is 0.355 e. The molecule has 0 radical (unpaired) electrons. The highest BCUT2D eigenvalue weighted by Crippen LogP contribution is 2.20. The van der Waals surface area contributed by atoms with Crippen LogP contribution < -0.4 is 16.2 Å². The number of hydrazine groups is 1. The molecule has 3 N–H and O–H groups in total. The highest BCUT2D eigenvalue weighted by Gasteiger charge is 2.08. The van der Waals surface area contributed by atoms with Gasteiger partial charge in [-0.05, 0) is 24.0 Å². The summed E-state index contributed by atoms with van der Waals surface area (Å²) < 4.78 is 0. The normalized spacial score (nSPS) is 10.3. The van der Waals surface area contributed by atoms with Gasteiger partial charge in [0.2, 0.25) is 0 Å². The molecule has 2 aromatic heterocycles. The number of aromatic nitrogens is 3. The van der Waals surface area contributed by atoms with Gasteiger partial charge in [-0.15, -0.1) is 0 Å². The van der Waals surface area contributed by atoms with Crippen molar-refractivity contribution in [1.29, 1.82) is 0 Å². The first-order chi connectivity index (χ1) is 9.22. The van der Waals surface area contributed by atoms with E-state index in [0.29, 0.717) is 11.0 Å². The molecule has 7 heteroatoms. The van der Waals surface area contributed by atoms with Crippen LogP contribution in [0.5, 0.6) is 0 Å². The van der Waals surface area contributed by atoms with E-state index in [4.69, 9.17) is 5.84 Å². The number of nitrogen functional groups attached to an aromatic ring is 1. The van der Waals surface area contributed by atoms with Crippen LogP contribution in [0, 0.1) is 0 Å². The lowest BCUT2D eigenvalue weighted by molar-refractivity contribution is 0.855. The molecule has 2 heterocycles. The van der Waals surface area contributed by atoms with Gasteiger partial charge in [-0.3, -0.25) is 4.98 Å². The summed E-state index contributed by atoms with van der Waals surface area (Å²) in [5, 5.41) is 0.687. The average Bonchev–Trinajstić information content (AvgIpc) is 2.47. The molecule has 2 rings (SSSR count). The number of pyridine rings is 1. The van der Waals surface area contributed by atoms with E-state index in [1.165, 1.54) is 17.3 Å². The van der Waals surface area contributed by atoms with Crippen LogP contribution >= 0.6 is 11.8 Å². The maximum atomic E-state index is 5.42. The van der Waals surface area contributed by atoms with Gasteiger partial charge in [0, 0.05) is 32.1 Å². The molecular formula is C12H16N6S. The Balaban J connectivity index is 2.20. The van der Waals surface area contributed by atoms with Gasteiger partial charge in [0.25, 0.3) is 0 Å². The van der Waals surface area contributed by atoms with Crippen molar-refractivity contribution in [3.05, 3.63) is 36.2 Å². The van der Waals surface area contributed by atoms with Gasteiger partial charge in [0.15, 0.2) is 5.16 Å². The summed E-state index contributed by atoms with van der Waals surface area (Å²) in [6, 6.07) is 5.78. The lowest BCUT2D eigenvalue weighted by Crippen LogP contribution is -2.19. The molecule has 6 nitrogen and oxygen atoms in total. The van der Waals surface area contributed by atoms with Crippen molar-refractivity contribution in [2.24, 2.45) is 5.84 Å². The van der Waals surface area contributed by atoms with Crippen LogP contribution in [0.1, 0.15) is 5.56 Å². The van der Waals surface area contributed by atoms with Gasteiger partial charge in [-0.1, -0.05) is 11.8 Å². The minimum absolute atomic E-state index is 0.607. The number of nitrogens with one attached hydrogen (secondary N) is 1. The molecule has 0 atom stereocenters. The SMILES string of the molecule is CSc1nc(NN)cc(N(C)Cc2ccncc2)n1. The summed E-state index contributed by atoms with van der Waals surface area (Å²) >= 11 is 1.48. The van der Waals surface area contributed by atoms with Gasteiger partial charge >= 0.3 is 0 Å². The topological polar surface area (TPSA) is 80.0 Å². The predicted octanol–water partition coefficient (Wildman–Crippen LogP) is 1.52. The fourth-order valence-electron chi connectivity index (χ4n) is 1.62. The lowest BCUT2D eigenvalue weighted by Gasteiger charge is -2.19. The zero-order valence-electron chi connectivity index (χ0n) is 10.9. The molecule has 0 bridgehead atoms. The number of hydrogen-bond acceptors (Lipinski definition) is 7. The lowest BCUT2D eigenvalue weighted by atomic mass is 10.2. The van der Waals surface area contributed by atoms with E-state index in [1.807, 2.05) is 36.4 Å². The average molecular weight is 276 g/mol. The van der Waals surface area contributed by atoms with E-state index in [2.05, 4.69) is 20.4 Å². The molecule has 0 spiro atoms. The molecule has 0 saturated carbocycles. The van der Waals surface area contributed by atoms with Gasteiger partial charge in [-0.25, -0.2) is 15.8 Å². The second-order valence-electron chi connectivity index (χ2n) is 3.95. The maximum absolute atomic E-state index is 5.42. The van der Waals surface area contributed by atoms with E-state index in [1.54, 1.807) is 12.4 Å². The van der Waals surface area contributed by atoms with Crippen LogP contribution in [0.15, 0.2) is 35.7 Å². The second-order valence-corrected chi connectivity index (χ2v) is 4.73. The van der Waals surface area contributed by atoms with Gasteiger partial charge < -0.3 is 10.3 Å². The van der Waals surface area contributed by atoms with Crippen molar-refractivity contribution in [3.63, 3.8) is 0 Å². The second kappa shape index (κ2) is 6.35. The van der Waals surface area contributed by atoms with Crippen LogP contribution in [0.4, 0.5) is 11.6 Å². The van der Waals surface area contributed by atoms with Crippen molar-refractivity contribution in [1.82, 2.24) is 15.0 Å². The first-order valence-corrected chi connectivity index (χ1v) is 6.95. The van der Waals surface area contributed by atoms with Crippen LogP contribution in [0.25, 0.3) is 0 Å². The summed E-state index contributed by atoms with van der Waals surface area (Å²) in [6.45, 7) is 0.747. The minimum Gasteiger partial charge on any atom is -0.355 e. The van der Waals surface area contributed by atoms with Gasteiger partial charge in [-0.2, -0.15) is 0 Å². The molecule has 0 unspecified atom stereocenters. The number of rotatable bonds is 5. The van der Waals surface area contributed by atoms with Crippen LogP contribution in [0.3, 0.4) is 0 Å². The molecule has 2 aromatic rings. The monoisotopic (exact) mass is 276 g/mol. The van der Waals surface area contributed by atoms with Crippen LogP contribution in [-0.4, -0.2) is 28.3 Å². The molecule has 0 amide bonds. The molecule has 0 fully saturated rings. The highest BCUT2D eigenvalue weighted by atomic mass is 32.2.